The minimum Gasteiger partial charge on any atom is -0.507 e. The first kappa shape index (κ1) is 20.8. The van der Waals surface area contributed by atoms with Gasteiger partial charge in [-0.1, -0.05) is 42.5 Å². The number of carbonyl (C=O) groups excluding carboxylic acids is 1. The van der Waals surface area contributed by atoms with Gasteiger partial charge >= 0.3 is 5.97 Å². The Morgan fingerprint density at radius 1 is 0.767 bits per heavy atom. The van der Waals surface area contributed by atoms with Crippen LogP contribution in [0.5, 0.6) is 11.5 Å². The maximum Gasteiger partial charge on any atom is 0.338 e. The van der Waals surface area contributed by atoms with Crippen molar-refractivity contribution in [2.24, 2.45) is 9.98 Å². The number of hydrogen-bond donors (Lipinski definition) is 2. The molecular weight excluding hydrogens is 380 g/mol. The van der Waals surface area contributed by atoms with E-state index in [1.54, 1.807) is 72.8 Å². The standard InChI is InChI=1S/C24H22N2O4/c27-22-12-6-4-10-19(22)14-25-16-21(30-24(29)18-8-2-1-3-9-18)17-26-15-20-11-5-7-13-23(20)28/h1-15,21,27-28H,16-17H2. The van der Waals surface area contributed by atoms with E-state index in [1.807, 2.05) is 6.07 Å². The zero-order chi connectivity index (χ0) is 21.2. The van der Waals surface area contributed by atoms with Crippen LogP contribution in [0.3, 0.4) is 0 Å². The summed E-state index contributed by atoms with van der Waals surface area (Å²) in [4.78, 5) is 21.0. The van der Waals surface area contributed by atoms with E-state index in [2.05, 4.69) is 9.98 Å². The Morgan fingerprint density at radius 2 is 1.23 bits per heavy atom. The first-order valence-corrected chi connectivity index (χ1v) is 9.45. The van der Waals surface area contributed by atoms with Crippen molar-refractivity contribution in [1.82, 2.24) is 0 Å². The first-order chi connectivity index (χ1) is 14.6. The fraction of sp³-hybridized carbons (Fsp3) is 0.125. The number of para-hydroxylation sites is 2. The lowest BCUT2D eigenvalue weighted by Crippen LogP contribution is -2.24. The maximum absolute atomic E-state index is 12.4. The molecule has 0 radical (unpaired) electrons. The third kappa shape index (κ3) is 6.04. The minimum atomic E-state index is -0.609. The molecule has 6 heteroatoms. The fourth-order valence-electron chi connectivity index (χ4n) is 2.66. The Labute approximate surface area is 174 Å². The number of phenols is 2. The number of nitrogens with zero attached hydrogens (tertiary/aromatic N) is 2. The van der Waals surface area contributed by atoms with Crippen molar-refractivity contribution >= 4 is 18.4 Å². The molecule has 6 nitrogen and oxygen atoms in total. The molecule has 0 spiro atoms. The number of phenolic OH excluding ortho intramolecular Hbond substituents is 2. The molecule has 0 saturated carbocycles. The van der Waals surface area contributed by atoms with Gasteiger partial charge in [0.15, 0.2) is 0 Å². The maximum atomic E-state index is 12.4. The van der Waals surface area contributed by atoms with Gasteiger partial charge in [0.05, 0.1) is 18.7 Å². The second kappa shape index (κ2) is 10.6. The van der Waals surface area contributed by atoms with Gasteiger partial charge in [0.1, 0.15) is 17.6 Å². The molecule has 0 aromatic heterocycles. The van der Waals surface area contributed by atoms with Gasteiger partial charge in [-0.2, -0.15) is 0 Å². The van der Waals surface area contributed by atoms with Gasteiger partial charge in [0.25, 0.3) is 0 Å². The Hall–Kier alpha value is -3.93. The highest BCUT2D eigenvalue weighted by Gasteiger charge is 2.15. The molecular formula is C24H22N2O4. The Morgan fingerprint density at radius 3 is 1.73 bits per heavy atom. The highest BCUT2D eigenvalue weighted by atomic mass is 16.5. The van der Waals surface area contributed by atoms with Crippen LogP contribution < -0.4 is 0 Å². The van der Waals surface area contributed by atoms with E-state index in [9.17, 15) is 15.0 Å². The first-order valence-electron chi connectivity index (χ1n) is 9.45. The molecule has 0 atom stereocenters. The van der Waals surface area contributed by atoms with Crippen LogP contribution >= 0.6 is 0 Å². The lowest BCUT2D eigenvalue weighted by atomic mass is 10.2. The lowest BCUT2D eigenvalue weighted by Gasteiger charge is -2.14. The molecule has 3 aromatic carbocycles. The molecule has 3 rings (SSSR count). The average Bonchev–Trinajstić information content (AvgIpc) is 2.77. The van der Waals surface area contributed by atoms with Crippen molar-refractivity contribution < 1.29 is 19.7 Å². The van der Waals surface area contributed by atoms with E-state index in [4.69, 9.17) is 4.74 Å². The Balaban J connectivity index is 1.69. The van der Waals surface area contributed by atoms with Gasteiger partial charge in [-0.25, -0.2) is 4.79 Å². The van der Waals surface area contributed by atoms with Gasteiger partial charge in [-0.15, -0.1) is 0 Å². The van der Waals surface area contributed by atoms with Crippen LogP contribution in [0.1, 0.15) is 21.5 Å². The molecule has 0 aliphatic carbocycles. The van der Waals surface area contributed by atoms with Crippen LogP contribution in [0.2, 0.25) is 0 Å². The van der Waals surface area contributed by atoms with Crippen molar-refractivity contribution in [2.45, 2.75) is 6.10 Å². The largest absolute Gasteiger partial charge is 0.507 e. The molecule has 0 heterocycles. The van der Waals surface area contributed by atoms with Crippen molar-refractivity contribution in [3.63, 3.8) is 0 Å². The van der Waals surface area contributed by atoms with Gasteiger partial charge in [-0.3, -0.25) is 9.98 Å². The zero-order valence-electron chi connectivity index (χ0n) is 16.3. The number of aromatic hydroxyl groups is 2. The number of benzene rings is 3. The van der Waals surface area contributed by atoms with Gasteiger partial charge < -0.3 is 14.9 Å². The van der Waals surface area contributed by atoms with E-state index < -0.39 is 12.1 Å². The number of esters is 1. The second-order valence-corrected chi connectivity index (χ2v) is 6.50. The van der Waals surface area contributed by atoms with E-state index in [-0.39, 0.29) is 24.6 Å². The normalized spacial score (nSPS) is 12.3. The van der Waals surface area contributed by atoms with E-state index in [0.29, 0.717) is 16.7 Å². The number of carbonyl (C=O) groups is 1. The molecule has 0 fully saturated rings. The summed E-state index contributed by atoms with van der Waals surface area (Å²) in [6.45, 7) is 0.343. The molecule has 30 heavy (non-hydrogen) atoms. The van der Waals surface area contributed by atoms with Gasteiger partial charge in [0, 0.05) is 23.6 Å². The summed E-state index contributed by atoms with van der Waals surface area (Å²) >= 11 is 0. The van der Waals surface area contributed by atoms with Crippen LogP contribution in [-0.2, 0) is 4.74 Å². The molecule has 0 saturated heterocycles. The number of rotatable bonds is 8. The SMILES string of the molecule is O=C(OC(CN=Cc1ccccc1O)CN=Cc1ccccc1O)c1ccccc1. The van der Waals surface area contributed by atoms with Crippen molar-refractivity contribution in [2.75, 3.05) is 13.1 Å². The Kier molecular flexibility index (Phi) is 7.33. The third-order valence-electron chi connectivity index (χ3n) is 4.24. The predicted molar refractivity (Wildman–Crippen MR) is 117 cm³/mol. The molecule has 0 amide bonds. The highest BCUT2D eigenvalue weighted by Crippen LogP contribution is 2.14. The van der Waals surface area contributed by atoms with Crippen molar-refractivity contribution in [1.29, 1.82) is 0 Å². The lowest BCUT2D eigenvalue weighted by molar-refractivity contribution is 0.0341. The molecule has 0 bridgehead atoms. The Bertz CT molecular complexity index is 975. The van der Waals surface area contributed by atoms with Gasteiger partial charge in [-0.05, 0) is 36.4 Å². The van der Waals surface area contributed by atoms with Gasteiger partial charge in [0.2, 0.25) is 0 Å². The summed E-state index contributed by atoms with van der Waals surface area (Å²) in [6, 6.07) is 22.4. The highest BCUT2D eigenvalue weighted by molar-refractivity contribution is 5.89. The third-order valence-corrected chi connectivity index (χ3v) is 4.24. The van der Waals surface area contributed by atoms with Crippen LogP contribution in [0.15, 0.2) is 88.8 Å². The summed E-state index contributed by atoms with van der Waals surface area (Å²) < 4.78 is 5.58. The fourth-order valence-corrected chi connectivity index (χ4v) is 2.66. The zero-order valence-corrected chi connectivity index (χ0v) is 16.3. The molecule has 152 valence electrons. The average molecular weight is 402 g/mol. The van der Waals surface area contributed by atoms with E-state index >= 15 is 0 Å². The van der Waals surface area contributed by atoms with E-state index in [0.717, 1.165) is 0 Å². The summed E-state index contributed by atoms with van der Waals surface area (Å²) in [5.74, 6) is -0.218. The number of hydrogen-bond acceptors (Lipinski definition) is 6. The summed E-state index contributed by atoms with van der Waals surface area (Å²) in [6.07, 6.45) is 2.46. The molecule has 2 N–H and O–H groups in total. The quantitative estimate of drug-likeness (QED) is 0.442. The van der Waals surface area contributed by atoms with E-state index in [1.165, 1.54) is 12.4 Å². The van der Waals surface area contributed by atoms with Crippen molar-refractivity contribution in [3.05, 3.63) is 95.6 Å². The predicted octanol–water partition coefficient (Wildman–Crippen LogP) is 3.86. The van der Waals surface area contributed by atoms with Crippen LogP contribution in [0.25, 0.3) is 0 Å². The smallest absolute Gasteiger partial charge is 0.338 e. The molecule has 0 unspecified atom stereocenters. The second-order valence-electron chi connectivity index (χ2n) is 6.50. The monoisotopic (exact) mass is 402 g/mol. The van der Waals surface area contributed by atoms with Crippen molar-refractivity contribution in [3.8, 4) is 11.5 Å². The summed E-state index contributed by atoms with van der Waals surface area (Å²) in [5.41, 5.74) is 1.59. The molecule has 0 aliphatic rings. The van der Waals surface area contributed by atoms with Crippen LogP contribution in [0.4, 0.5) is 0 Å². The topological polar surface area (TPSA) is 91.5 Å². The van der Waals surface area contributed by atoms with Crippen LogP contribution in [-0.4, -0.2) is 47.8 Å². The summed E-state index contributed by atoms with van der Waals surface area (Å²) in [5, 5.41) is 19.7. The number of aliphatic imine (C=N–C) groups is 2. The molecule has 0 aliphatic heterocycles. The van der Waals surface area contributed by atoms with Crippen LogP contribution in [0, 0.1) is 0 Å². The number of ether oxygens (including phenoxy) is 1. The summed E-state index contributed by atoms with van der Waals surface area (Å²) in [7, 11) is 0. The molecule has 3 aromatic rings. The minimum absolute atomic E-state index is 0.122.